The summed E-state index contributed by atoms with van der Waals surface area (Å²) in [4.78, 5) is 39.4. The van der Waals surface area contributed by atoms with Crippen LogP contribution in [-0.2, 0) is 16.1 Å². The number of ether oxygens (including phenoxy) is 1. The second kappa shape index (κ2) is 7.73. The van der Waals surface area contributed by atoms with Gasteiger partial charge in [-0.2, -0.15) is 4.99 Å². The number of carbonyl (C=O) groups excluding carboxylic acids is 2. The third kappa shape index (κ3) is 3.84. The van der Waals surface area contributed by atoms with E-state index in [0.29, 0.717) is 15.8 Å². The molecule has 3 aromatic rings. The SMILES string of the molecule is COC(=O)Cn1c(=NC(=O)c2ccc(C)c(C)c2)sc2cc([N+](=O)[O-])ccc21. The van der Waals surface area contributed by atoms with Crippen molar-refractivity contribution in [3.63, 3.8) is 0 Å². The number of fused-ring (bicyclic) bond motifs is 1. The molecule has 0 N–H and O–H groups in total. The summed E-state index contributed by atoms with van der Waals surface area (Å²) < 4.78 is 6.79. The zero-order valence-electron chi connectivity index (χ0n) is 15.5. The first-order valence-corrected chi connectivity index (χ1v) is 9.12. The molecule has 0 atom stereocenters. The molecule has 0 aliphatic rings. The zero-order valence-corrected chi connectivity index (χ0v) is 16.3. The summed E-state index contributed by atoms with van der Waals surface area (Å²) in [6.07, 6.45) is 0. The van der Waals surface area contributed by atoms with Crippen LogP contribution in [0.1, 0.15) is 21.5 Å². The van der Waals surface area contributed by atoms with E-state index in [0.717, 1.165) is 22.5 Å². The Morgan fingerprint density at radius 1 is 1.18 bits per heavy atom. The first-order valence-electron chi connectivity index (χ1n) is 8.31. The quantitative estimate of drug-likeness (QED) is 0.381. The highest BCUT2D eigenvalue weighted by Crippen LogP contribution is 2.23. The third-order valence-corrected chi connectivity index (χ3v) is 5.38. The average Bonchev–Trinajstić information content (AvgIpc) is 2.99. The summed E-state index contributed by atoms with van der Waals surface area (Å²) in [5, 5.41) is 11.0. The Morgan fingerprint density at radius 3 is 2.57 bits per heavy atom. The summed E-state index contributed by atoms with van der Waals surface area (Å²) in [6, 6.07) is 9.56. The van der Waals surface area contributed by atoms with Gasteiger partial charge in [-0.25, -0.2) is 0 Å². The van der Waals surface area contributed by atoms with Crippen LogP contribution in [0.15, 0.2) is 41.4 Å². The van der Waals surface area contributed by atoms with Crippen LogP contribution >= 0.6 is 11.3 Å². The summed E-state index contributed by atoms with van der Waals surface area (Å²) >= 11 is 1.10. The molecule has 0 spiro atoms. The van der Waals surface area contributed by atoms with Crippen molar-refractivity contribution < 1.29 is 19.2 Å². The highest BCUT2D eigenvalue weighted by molar-refractivity contribution is 7.16. The predicted molar refractivity (Wildman–Crippen MR) is 104 cm³/mol. The van der Waals surface area contributed by atoms with Gasteiger partial charge < -0.3 is 9.30 Å². The number of amides is 1. The fraction of sp³-hybridized carbons (Fsp3) is 0.211. The molecule has 0 saturated heterocycles. The van der Waals surface area contributed by atoms with Gasteiger partial charge in [0.05, 0.1) is 22.2 Å². The molecule has 0 aliphatic heterocycles. The minimum absolute atomic E-state index is 0.0778. The lowest BCUT2D eigenvalue weighted by Crippen LogP contribution is -2.22. The van der Waals surface area contributed by atoms with Gasteiger partial charge in [0.2, 0.25) is 0 Å². The minimum atomic E-state index is -0.516. The van der Waals surface area contributed by atoms with Crippen LogP contribution in [0.5, 0.6) is 0 Å². The number of rotatable bonds is 4. The highest BCUT2D eigenvalue weighted by Gasteiger charge is 2.15. The molecule has 0 fully saturated rings. The van der Waals surface area contributed by atoms with Crippen molar-refractivity contribution in [3.8, 4) is 0 Å². The number of nitro groups is 1. The summed E-state index contributed by atoms with van der Waals surface area (Å²) in [7, 11) is 1.26. The van der Waals surface area contributed by atoms with Crippen LogP contribution in [-0.4, -0.2) is 28.5 Å². The van der Waals surface area contributed by atoms with Gasteiger partial charge in [0.1, 0.15) is 6.54 Å². The molecule has 2 aromatic carbocycles. The fourth-order valence-corrected chi connectivity index (χ4v) is 3.69. The molecule has 9 heteroatoms. The van der Waals surface area contributed by atoms with Crippen LogP contribution in [0, 0.1) is 24.0 Å². The second-order valence-corrected chi connectivity index (χ2v) is 7.18. The molecule has 0 saturated carbocycles. The van der Waals surface area contributed by atoms with Gasteiger partial charge in [-0.05, 0) is 43.2 Å². The number of carbonyl (C=O) groups is 2. The number of hydrogen-bond acceptors (Lipinski definition) is 6. The molecular weight excluding hydrogens is 382 g/mol. The van der Waals surface area contributed by atoms with E-state index in [4.69, 9.17) is 4.74 Å². The summed E-state index contributed by atoms with van der Waals surface area (Å²) in [5.74, 6) is -0.971. The number of aromatic nitrogens is 1. The molecule has 0 bridgehead atoms. The molecule has 1 aromatic heterocycles. The van der Waals surface area contributed by atoms with Crippen LogP contribution in [0.4, 0.5) is 5.69 Å². The number of nitro benzene ring substituents is 1. The number of methoxy groups -OCH3 is 1. The van der Waals surface area contributed by atoms with E-state index in [1.165, 1.54) is 29.9 Å². The summed E-state index contributed by atoms with van der Waals surface area (Å²) in [5.41, 5.74) is 2.94. The van der Waals surface area contributed by atoms with E-state index in [9.17, 15) is 19.7 Å². The Morgan fingerprint density at radius 2 is 1.93 bits per heavy atom. The van der Waals surface area contributed by atoms with Crippen LogP contribution in [0.2, 0.25) is 0 Å². The molecule has 1 amide bonds. The Labute approximate surface area is 163 Å². The largest absolute Gasteiger partial charge is 0.468 e. The van der Waals surface area contributed by atoms with E-state index in [-0.39, 0.29) is 17.0 Å². The van der Waals surface area contributed by atoms with Crippen molar-refractivity contribution in [3.05, 3.63) is 68.0 Å². The number of nitrogens with zero attached hydrogens (tertiary/aromatic N) is 3. The Balaban J connectivity index is 2.16. The van der Waals surface area contributed by atoms with Crippen molar-refractivity contribution in [2.45, 2.75) is 20.4 Å². The first kappa shape index (κ1) is 19.4. The lowest BCUT2D eigenvalue weighted by Gasteiger charge is -2.04. The van der Waals surface area contributed by atoms with Crippen LogP contribution in [0.3, 0.4) is 0 Å². The monoisotopic (exact) mass is 399 g/mol. The molecular formula is C19H17N3O5S. The number of benzene rings is 2. The van der Waals surface area contributed by atoms with E-state index in [1.807, 2.05) is 19.9 Å². The maximum absolute atomic E-state index is 12.6. The molecule has 0 aliphatic carbocycles. The van der Waals surface area contributed by atoms with Crippen molar-refractivity contribution in [2.75, 3.05) is 7.11 Å². The summed E-state index contributed by atoms with van der Waals surface area (Å²) in [6.45, 7) is 3.69. The Bertz CT molecular complexity index is 1180. The van der Waals surface area contributed by atoms with E-state index < -0.39 is 16.8 Å². The van der Waals surface area contributed by atoms with Crippen molar-refractivity contribution in [2.24, 2.45) is 4.99 Å². The maximum Gasteiger partial charge on any atom is 0.325 e. The van der Waals surface area contributed by atoms with Crippen molar-refractivity contribution in [1.82, 2.24) is 4.57 Å². The molecule has 0 radical (unpaired) electrons. The first-order chi connectivity index (χ1) is 13.3. The molecule has 8 nitrogen and oxygen atoms in total. The third-order valence-electron chi connectivity index (χ3n) is 4.34. The van der Waals surface area contributed by atoms with Crippen molar-refractivity contribution in [1.29, 1.82) is 0 Å². The fourth-order valence-electron chi connectivity index (χ4n) is 2.63. The molecule has 3 rings (SSSR count). The van der Waals surface area contributed by atoms with E-state index in [1.54, 1.807) is 12.1 Å². The van der Waals surface area contributed by atoms with E-state index >= 15 is 0 Å². The minimum Gasteiger partial charge on any atom is -0.468 e. The zero-order chi connectivity index (χ0) is 20.4. The van der Waals surface area contributed by atoms with Gasteiger partial charge in [0, 0.05) is 17.7 Å². The molecule has 1 heterocycles. The Kier molecular flexibility index (Phi) is 5.36. The molecule has 144 valence electrons. The van der Waals surface area contributed by atoms with Crippen molar-refractivity contribution >= 4 is 39.1 Å². The van der Waals surface area contributed by atoms with Gasteiger partial charge in [-0.15, -0.1) is 0 Å². The average molecular weight is 399 g/mol. The van der Waals surface area contributed by atoms with E-state index in [2.05, 4.69) is 4.99 Å². The van der Waals surface area contributed by atoms with Gasteiger partial charge >= 0.3 is 5.97 Å². The van der Waals surface area contributed by atoms with Gasteiger partial charge in [-0.3, -0.25) is 19.7 Å². The van der Waals surface area contributed by atoms with Gasteiger partial charge in [-0.1, -0.05) is 17.4 Å². The van der Waals surface area contributed by atoms with Crippen LogP contribution in [0.25, 0.3) is 10.2 Å². The number of non-ortho nitro benzene ring substituents is 1. The second-order valence-electron chi connectivity index (χ2n) is 6.17. The lowest BCUT2D eigenvalue weighted by atomic mass is 10.1. The molecule has 0 unspecified atom stereocenters. The molecule has 28 heavy (non-hydrogen) atoms. The van der Waals surface area contributed by atoms with Gasteiger partial charge in [0.15, 0.2) is 4.80 Å². The lowest BCUT2D eigenvalue weighted by molar-refractivity contribution is -0.384. The van der Waals surface area contributed by atoms with Crippen LogP contribution < -0.4 is 4.80 Å². The highest BCUT2D eigenvalue weighted by atomic mass is 32.1. The number of esters is 1. The van der Waals surface area contributed by atoms with Gasteiger partial charge in [0.25, 0.3) is 11.6 Å². The standard InChI is InChI=1S/C19H17N3O5S/c1-11-4-5-13(8-12(11)2)18(24)20-19-21(10-17(23)27-3)15-7-6-14(22(25)26)9-16(15)28-19/h4-9H,10H2,1-3H3. The number of thiazole rings is 1. The number of aryl methyl sites for hydroxylation is 2. The normalized spacial score (nSPS) is 11.6. The predicted octanol–water partition coefficient (Wildman–Crippen LogP) is 3.14. The smallest absolute Gasteiger partial charge is 0.325 e. The topological polar surface area (TPSA) is 104 Å². The Hall–Kier alpha value is -3.33. The number of hydrogen-bond donors (Lipinski definition) is 0. The maximum atomic E-state index is 12.6.